The summed E-state index contributed by atoms with van der Waals surface area (Å²) in [5.41, 5.74) is 1.59. The number of hydrogen-bond acceptors (Lipinski definition) is 4. The Morgan fingerprint density at radius 3 is 2.64 bits per heavy atom. The van der Waals surface area contributed by atoms with Crippen molar-refractivity contribution in [2.24, 2.45) is 0 Å². The van der Waals surface area contributed by atoms with Crippen molar-refractivity contribution < 1.29 is 14.3 Å². The zero-order valence-electron chi connectivity index (χ0n) is 13.1. The second-order valence-corrected chi connectivity index (χ2v) is 6.95. The molecule has 0 saturated heterocycles. The van der Waals surface area contributed by atoms with E-state index in [1.165, 1.54) is 11.3 Å². The lowest BCUT2D eigenvalue weighted by Gasteiger charge is -2.18. The van der Waals surface area contributed by atoms with Crippen molar-refractivity contribution in [2.45, 2.75) is 0 Å². The maximum atomic E-state index is 12.4. The lowest BCUT2D eigenvalue weighted by Crippen LogP contribution is -2.15. The number of ether oxygens (including phenoxy) is 2. The van der Waals surface area contributed by atoms with E-state index in [0.29, 0.717) is 28.8 Å². The van der Waals surface area contributed by atoms with Crippen LogP contribution in [0.2, 0.25) is 5.02 Å². The van der Waals surface area contributed by atoms with E-state index in [2.05, 4.69) is 5.32 Å². The molecule has 3 aromatic rings. The van der Waals surface area contributed by atoms with E-state index in [9.17, 15) is 4.79 Å². The van der Waals surface area contributed by atoms with Crippen LogP contribution in [0.4, 0.5) is 5.69 Å². The lowest BCUT2D eigenvalue weighted by atomic mass is 10.1. The van der Waals surface area contributed by atoms with Gasteiger partial charge >= 0.3 is 0 Å². The topological polar surface area (TPSA) is 47.6 Å². The molecule has 0 radical (unpaired) electrons. The van der Waals surface area contributed by atoms with Crippen molar-refractivity contribution in [2.75, 3.05) is 18.5 Å². The predicted octanol–water partition coefficient (Wildman–Crippen LogP) is 5.09. The van der Waals surface area contributed by atoms with Crippen LogP contribution >= 0.6 is 22.9 Å². The summed E-state index contributed by atoms with van der Waals surface area (Å²) in [7, 11) is 0. The van der Waals surface area contributed by atoms with Gasteiger partial charge in [0.05, 0.1) is 15.6 Å². The Morgan fingerprint density at radius 2 is 1.80 bits per heavy atom. The molecular weight excluding hydrogens is 358 g/mol. The van der Waals surface area contributed by atoms with Gasteiger partial charge in [-0.25, -0.2) is 0 Å². The third-order valence-electron chi connectivity index (χ3n) is 3.78. The van der Waals surface area contributed by atoms with Gasteiger partial charge in [0, 0.05) is 4.88 Å². The third kappa shape index (κ3) is 3.34. The third-order valence-corrected chi connectivity index (χ3v) is 5.24. The minimum absolute atomic E-state index is 0.179. The minimum atomic E-state index is -0.179. The number of benzene rings is 2. The molecule has 1 N–H and O–H groups in total. The highest BCUT2D eigenvalue weighted by Gasteiger charge is 2.15. The van der Waals surface area contributed by atoms with Crippen molar-refractivity contribution >= 4 is 34.5 Å². The smallest absolute Gasteiger partial charge is 0.265 e. The Morgan fingerprint density at radius 1 is 1.00 bits per heavy atom. The van der Waals surface area contributed by atoms with Crippen LogP contribution in [-0.4, -0.2) is 19.1 Å². The van der Waals surface area contributed by atoms with Crippen LogP contribution in [0.15, 0.2) is 54.6 Å². The molecule has 2 aromatic carbocycles. The molecule has 0 aliphatic carbocycles. The molecule has 4 rings (SSSR count). The van der Waals surface area contributed by atoms with E-state index in [-0.39, 0.29) is 5.91 Å². The highest BCUT2D eigenvalue weighted by atomic mass is 35.5. The summed E-state index contributed by atoms with van der Waals surface area (Å²) < 4.78 is 11.2. The Labute approximate surface area is 154 Å². The van der Waals surface area contributed by atoms with E-state index in [1.54, 1.807) is 12.1 Å². The molecule has 4 nitrogen and oxygen atoms in total. The standard InChI is InChI=1S/C19H14ClNO3S/c20-13-3-1-2-4-14(13)21-19(22)18-8-7-17(25-18)12-5-6-15-16(11-12)24-10-9-23-15/h1-8,11H,9-10H2,(H,21,22). The zero-order valence-corrected chi connectivity index (χ0v) is 14.7. The molecule has 2 heterocycles. The fraction of sp³-hybridized carbons (Fsp3) is 0.105. The second kappa shape index (κ2) is 6.78. The van der Waals surface area contributed by atoms with E-state index >= 15 is 0 Å². The van der Waals surface area contributed by atoms with Crippen molar-refractivity contribution in [3.63, 3.8) is 0 Å². The monoisotopic (exact) mass is 371 g/mol. The first-order valence-corrected chi connectivity index (χ1v) is 8.96. The van der Waals surface area contributed by atoms with Gasteiger partial charge in [-0.1, -0.05) is 23.7 Å². The first-order chi connectivity index (χ1) is 12.2. The zero-order chi connectivity index (χ0) is 17.2. The van der Waals surface area contributed by atoms with Gasteiger partial charge in [-0.15, -0.1) is 11.3 Å². The maximum Gasteiger partial charge on any atom is 0.265 e. The normalized spacial score (nSPS) is 12.7. The Bertz CT molecular complexity index is 938. The van der Waals surface area contributed by atoms with Gasteiger partial charge in [-0.2, -0.15) is 0 Å². The summed E-state index contributed by atoms with van der Waals surface area (Å²) in [5.74, 6) is 1.31. The van der Waals surface area contributed by atoms with Crippen LogP contribution in [0, 0.1) is 0 Å². The number of halogens is 1. The molecule has 0 bridgehead atoms. The largest absolute Gasteiger partial charge is 0.486 e. The highest BCUT2D eigenvalue weighted by Crippen LogP contribution is 2.37. The number of rotatable bonds is 3. The molecular formula is C19H14ClNO3S. The predicted molar refractivity (Wildman–Crippen MR) is 100 cm³/mol. The van der Waals surface area contributed by atoms with E-state index in [0.717, 1.165) is 21.9 Å². The molecule has 0 fully saturated rings. The summed E-state index contributed by atoms with van der Waals surface area (Å²) in [5, 5.41) is 3.35. The molecule has 1 amide bonds. The van der Waals surface area contributed by atoms with E-state index in [1.807, 2.05) is 42.5 Å². The Balaban J connectivity index is 1.56. The van der Waals surface area contributed by atoms with Gasteiger partial charge in [0.2, 0.25) is 0 Å². The molecule has 1 aliphatic heterocycles. The number of anilines is 1. The average molecular weight is 372 g/mol. The quantitative estimate of drug-likeness (QED) is 0.697. The number of para-hydroxylation sites is 1. The average Bonchev–Trinajstić information content (AvgIpc) is 3.13. The van der Waals surface area contributed by atoms with Crippen molar-refractivity contribution in [1.82, 2.24) is 0 Å². The van der Waals surface area contributed by atoms with Gasteiger partial charge < -0.3 is 14.8 Å². The molecule has 0 saturated carbocycles. The molecule has 1 aliphatic rings. The highest BCUT2D eigenvalue weighted by molar-refractivity contribution is 7.17. The molecule has 25 heavy (non-hydrogen) atoms. The maximum absolute atomic E-state index is 12.4. The number of amides is 1. The van der Waals surface area contributed by atoms with Crippen LogP contribution in [0.1, 0.15) is 9.67 Å². The van der Waals surface area contributed by atoms with Crippen LogP contribution in [0.25, 0.3) is 10.4 Å². The van der Waals surface area contributed by atoms with Crippen LogP contribution < -0.4 is 14.8 Å². The lowest BCUT2D eigenvalue weighted by molar-refractivity contribution is 0.103. The SMILES string of the molecule is O=C(Nc1ccccc1Cl)c1ccc(-c2ccc3c(c2)OCCO3)s1. The first kappa shape index (κ1) is 16.0. The number of thiophene rings is 1. The summed E-state index contributed by atoms with van der Waals surface area (Å²) in [6.45, 7) is 1.12. The summed E-state index contributed by atoms with van der Waals surface area (Å²) in [6, 6.07) is 16.7. The Hall–Kier alpha value is -2.50. The van der Waals surface area contributed by atoms with Gasteiger partial charge in [0.1, 0.15) is 13.2 Å². The number of carbonyl (C=O) groups excluding carboxylic acids is 1. The van der Waals surface area contributed by atoms with Crippen molar-refractivity contribution in [3.8, 4) is 21.9 Å². The molecule has 6 heteroatoms. The van der Waals surface area contributed by atoms with E-state index < -0.39 is 0 Å². The van der Waals surface area contributed by atoms with Gasteiger partial charge in [-0.3, -0.25) is 4.79 Å². The number of hydrogen-bond donors (Lipinski definition) is 1. The Kier molecular flexibility index (Phi) is 4.34. The van der Waals surface area contributed by atoms with Gasteiger partial charge in [0.25, 0.3) is 5.91 Å². The molecule has 0 unspecified atom stereocenters. The number of carbonyl (C=O) groups is 1. The van der Waals surface area contributed by atoms with Gasteiger partial charge in [-0.05, 0) is 48.0 Å². The number of fused-ring (bicyclic) bond motifs is 1. The van der Waals surface area contributed by atoms with Crippen molar-refractivity contribution in [3.05, 3.63) is 64.5 Å². The van der Waals surface area contributed by atoms with Crippen LogP contribution in [0.3, 0.4) is 0 Å². The fourth-order valence-corrected chi connectivity index (χ4v) is 3.64. The second-order valence-electron chi connectivity index (χ2n) is 5.46. The van der Waals surface area contributed by atoms with Gasteiger partial charge in [0.15, 0.2) is 11.5 Å². The molecule has 126 valence electrons. The number of nitrogens with one attached hydrogen (secondary N) is 1. The summed E-state index contributed by atoms with van der Waals surface area (Å²) in [6.07, 6.45) is 0. The van der Waals surface area contributed by atoms with E-state index in [4.69, 9.17) is 21.1 Å². The molecule has 1 aromatic heterocycles. The summed E-state index contributed by atoms with van der Waals surface area (Å²) >= 11 is 7.51. The molecule has 0 spiro atoms. The molecule has 0 atom stereocenters. The van der Waals surface area contributed by atoms with Crippen LogP contribution in [0.5, 0.6) is 11.5 Å². The van der Waals surface area contributed by atoms with Crippen LogP contribution in [-0.2, 0) is 0 Å². The first-order valence-electron chi connectivity index (χ1n) is 7.76. The fourth-order valence-electron chi connectivity index (χ4n) is 2.56. The summed E-state index contributed by atoms with van der Waals surface area (Å²) in [4.78, 5) is 14.0. The minimum Gasteiger partial charge on any atom is -0.486 e. The van der Waals surface area contributed by atoms with Crippen molar-refractivity contribution in [1.29, 1.82) is 0 Å².